The molecule has 0 radical (unpaired) electrons. The van der Waals surface area contributed by atoms with Crippen molar-refractivity contribution in [2.45, 2.75) is 32.1 Å². The van der Waals surface area contributed by atoms with Gasteiger partial charge in [0.15, 0.2) is 11.5 Å². The molecule has 1 aromatic carbocycles. The van der Waals surface area contributed by atoms with Crippen LogP contribution in [0.2, 0.25) is 0 Å². The molecule has 2 N–H and O–H groups in total. The fourth-order valence-corrected chi connectivity index (χ4v) is 1.97. The van der Waals surface area contributed by atoms with Gasteiger partial charge in [0.05, 0.1) is 19.8 Å². The molecule has 0 fully saturated rings. The summed E-state index contributed by atoms with van der Waals surface area (Å²) in [6.45, 7) is 1.46. The molecule has 1 rings (SSSR count). The van der Waals surface area contributed by atoms with Crippen LogP contribution in [0.3, 0.4) is 0 Å². The van der Waals surface area contributed by atoms with E-state index in [9.17, 15) is 8.78 Å². The lowest BCUT2D eigenvalue weighted by molar-refractivity contribution is 0.0146. The first-order valence-corrected chi connectivity index (χ1v) is 6.27. The minimum Gasteiger partial charge on any atom is -0.493 e. The van der Waals surface area contributed by atoms with Gasteiger partial charge in [0, 0.05) is 6.92 Å². The highest BCUT2D eigenvalue weighted by atomic mass is 19.3. The fourth-order valence-electron chi connectivity index (χ4n) is 1.97. The molecular formula is C14H21F2NO2. The van der Waals surface area contributed by atoms with Crippen LogP contribution in [0.25, 0.3) is 0 Å². The molecule has 0 bridgehead atoms. The normalized spacial score (nSPS) is 11.5. The molecule has 5 heteroatoms. The number of alkyl halides is 2. The number of hydrogen-bond acceptors (Lipinski definition) is 3. The van der Waals surface area contributed by atoms with Crippen molar-refractivity contribution < 1.29 is 18.3 Å². The van der Waals surface area contributed by atoms with E-state index in [-0.39, 0.29) is 11.3 Å². The molecule has 108 valence electrons. The van der Waals surface area contributed by atoms with Gasteiger partial charge in [0.1, 0.15) is 0 Å². The van der Waals surface area contributed by atoms with Crippen molar-refractivity contribution in [2.24, 2.45) is 5.73 Å². The standard InChI is InChI=1S/C14H21F2NO2/c1-14(15,16)11-8-10(6-4-5-7-17)9-12(18-2)13(11)19-3/h8-9H,4-7,17H2,1-3H3. The highest BCUT2D eigenvalue weighted by Gasteiger charge is 2.31. The van der Waals surface area contributed by atoms with Crippen LogP contribution in [-0.2, 0) is 12.3 Å². The molecule has 0 saturated heterocycles. The molecule has 3 nitrogen and oxygen atoms in total. The number of hydrogen-bond donors (Lipinski definition) is 1. The van der Waals surface area contributed by atoms with Gasteiger partial charge in [-0.1, -0.05) is 0 Å². The van der Waals surface area contributed by atoms with E-state index in [2.05, 4.69) is 0 Å². The summed E-state index contributed by atoms with van der Waals surface area (Å²) < 4.78 is 37.4. The molecule has 0 aromatic heterocycles. The third-order valence-electron chi connectivity index (χ3n) is 2.93. The number of unbranched alkanes of at least 4 members (excludes halogenated alkanes) is 1. The van der Waals surface area contributed by atoms with Crippen LogP contribution in [0.15, 0.2) is 12.1 Å². The van der Waals surface area contributed by atoms with Crippen LogP contribution in [0.4, 0.5) is 8.78 Å². The molecular weight excluding hydrogens is 252 g/mol. The number of benzene rings is 1. The maximum absolute atomic E-state index is 13.6. The Morgan fingerprint density at radius 2 is 1.84 bits per heavy atom. The van der Waals surface area contributed by atoms with E-state index < -0.39 is 5.92 Å². The summed E-state index contributed by atoms with van der Waals surface area (Å²) in [6.07, 6.45) is 2.42. The maximum atomic E-state index is 13.6. The van der Waals surface area contributed by atoms with E-state index in [4.69, 9.17) is 15.2 Å². The molecule has 0 atom stereocenters. The predicted molar refractivity (Wildman–Crippen MR) is 71.1 cm³/mol. The topological polar surface area (TPSA) is 44.5 Å². The van der Waals surface area contributed by atoms with Crippen molar-refractivity contribution in [3.63, 3.8) is 0 Å². The first-order valence-electron chi connectivity index (χ1n) is 6.27. The van der Waals surface area contributed by atoms with Gasteiger partial charge in [-0.2, -0.15) is 0 Å². The zero-order chi connectivity index (χ0) is 14.5. The van der Waals surface area contributed by atoms with Gasteiger partial charge in [-0.3, -0.25) is 0 Å². The third-order valence-corrected chi connectivity index (χ3v) is 2.93. The molecule has 0 spiro atoms. The van der Waals surface area contributed by atoms with Gasteiger partial charge >= 0.3 is 0 Å². The smallest absolute Gasteiger partial charge is 0.274 e. The summed E-state index contributed by atoms with van der Waals surface area (Å²) in [5.74, 6) is -2.54. The van der Waals surface area contributed by atoms with Gasteiger partial charge in [-0.05, 0) is 43.5 Å². The minimum absolute atomic E-state index is 0.0950. The summed E-state index contributed by atoms with van der Waals surface area (Å²) in [5, 5.41) is 0. The average molecular weight is 273 g/mol. The molecule has 0 heterocycles. The van der Waals surface area contributed by atoms with Crippen molar-refractivity contribution in [1.29, 1.82) is 0 Å². The van der Waals surface area contributed by atoms with E-state index in [0.29, 0.717) is 18.7 Å². The van der Waals surface area contributed by atoms with Crippen LogP contribution >= 0.6 is 0 Å². The zero-order valence-corrected chi connectivity index (χ0v) is 11.6. The Bertz CT molecular complexity index is 417. The number of methoxy groups -OCH3 is 2. The Hall–Kier alpha value is -1.36. The molecule has 0 saturated carbocycles. The number of nitrogens with two attached hydrogens (primary N) is 1. The van der Waals surface area contributed by atoms with Crippen molar-refractivity contribution in [2.75, 3.05) is 20.8 Å². The molecule has 0 aliphatic rings. The molecule has 0 aliphatic carbocycles. The molecule has 0 unspecified atom stereocenters. The van der Waals surface area contributed by atoms with Crippen molar-refractivity contribution in [1.82, 2.24) is 0 Å². The second-order valence-corrected chi connectivity index (χ2v) is 4.51. The summed E-state index contributed by atoms with van der Waals surface area (Å²) >= 11 is 0. The van der Waals surface area contributed by atoms with E-state index in [0.717, 1.165) is 25.3 Å². The largest absolute Gasteiger partial charge is 0.493 e. The lowest BCUT2D eigenvalue weighted by atomic mass is 10.0. The quantitative estimate of drug-likeness (QED) is 0.776. The Morgan fingerprint density at radius 1 is 1.16 bits per heavy atom. The van der Waals surface area contributed by atoms with Crippen LogP contribution in [0.5, 0.6) is 11.5 Å². The second kappa shape index (κ2) is 6.70. The molecule has 1 aromatic rings. The van der Waals surface area contributed by atoms with Gasteiger partial charge in [-0.15, -0.1) is 0 Å². The third kappa shape index (κ3) is 4.06. The van der Waals surface area contributed by atoms with Gasteiger partial charge in [-0.25, -0.2) is 8.78 Å². The molecule has 0 amide bonds. The van der Waals surface area contributed by atoms with Crippen LogP contribution in [0, 0.1) is 0 Å². The lowest BCUT2D eigenvalue weighted by Gasteiger charge is -2.19. The Labute approximate surface area is 112 Å². The number of ether oxygens (including phenoxy) is 2. The first-order chi connectivity index (χ1) is 8.93. The maximum Gasteiger partial charge on any atom is 0.274 e. The highest BCUT2D eigenvalue weighted by Crippen LogP contribution is 2.41. The van der Waals surface area contributed by atoms with Gasteiger partial charge in [0.25, 0.3) is 5.92 Å². The van der Waals surface area contributed by atoms with E-state index in [1.807, 2.05) is 0 Å². The minimum atomic E-state index is -2.97. The number of aryl methyl sites for hydroxylation is 1. The van der Waals surface area contributed by atoms with Crippen molar-refractivity contribution in [3.8, 4) is 11.5 Å². The van der Waals surface area contributed by atoms with Crippen molar-refractivity contribution >= 4 is 0 Å². The monoisotopic (exact) mass is 273 g/mol. The van der Waals surface area contributed by atoms with Gasteiger partial charge < -0.3 is 15.2 Å². The van der Waals surface area contributed by atoms with E-state index >= 15 is 0 Å². The average Bonchev–Trinajstić information content (AvgIpc) is 2.36. The van der Waals surface area contributed by atoms with Crippen LogP contribution < -0.4 is 15.2 Å². The zero-order valence-electron chi connectivity index (χ0n) is 11.6. The van der Waals surface area contributed by atoms with Gasteiger partial charge in [0.2, 0.25) is 0 Å². The molecule has 0 aliphatic heterocycles. The Morgan fingerprint density at radius 3 is 2.32 bits per heavy atom. The Kier molecular flexibility index (Phi) is 5.54. The predicted octanol–water partition coefficient (Wildman–Crippen LogP) is 3.10. The number of halogens is 2. The summed E-state index contributed by atoms with van der Waals surface area (Å²) in [5.41, 5.74) is 6.10. The fraction of sp³-hybridized carbons (Fsp3) is 0.571. The SMILES string of the molecule is COc1cc(CCCCN)cc(C(C)(F)F)c1OC. The summed E-state index contributed by atoms with van der Waals surface area (Å²) in [7, 11) is 2.81. The Balaban J connectivity index is 3.15. The van der Waals surface area contributed by atoms with E-state index in [1.54, 1.807) is 6.07 Å². The van der Waals surface area contributed by atoms with Crippen molar-refractivity contribution in [3.05, 3.63) is 23.3 Å². The second-order valence-electron chi connectivity index (χ2n) is 4.51. The highest BCUT2D eigenvalue weighted by molar-refractivity contribution is 5.51. The van der Waals surface area contributed by atoms with E-state index in [1.165, 1.54) is 20.3 Å². The lowest BCUT2D eigenvalue weighted by Crippen LogP contribution is -2.11. The van der Waals surface area contributed by atoms with Crippen LogP contribution in [0.1, 0.15) is 30.9 Å². The number of rotatable bonds is 7. The molecule has 19 heavy (non-hydrogen) atoms. The van der Waals surface area contributed by atoms with Crippen LogP contribution in [-0.4, -0.2) is 20.8 Å². The first kappa shape index (κ1) is 15.7. The summed E-state index contributed by atoms with van der Waals surface area (Å²) in [4.78, 5) is 0. The summed E-state index contributed by atoms with van der Waals surface area (Å²) in [6, 6.07) is 3.22.